The van der Waals surface area contributed by atoms with Crippen LogP contribution in [0.5, 0.6) is 0 Å². The lowest BCUT2D eigenvalue weighted by molar-refractivity contribution is -0.140. The van der Waals surface area contributed by atoms with Crippen molar-refractivity contribution in [1.29, 1.82) is 0 Å². The van der Waals surface area contributed by atoms with Crippen molar-refractivity contribution in [2.45, 2.75) is 44.3 Å². The molecule has 2 aliphatic heterocycles. The molecule has 4 heteroatoms. The van der Waals surface area contributed by atoms with Crippen LogP contribution in [0.4, 0.5) is 0 Å². The normalized spacial score (nSPS) is 33.9. The second-order valence-electron chi connectivity index (χ2n) is 6.62. The number of benzene rings is 1. The highest BCUT2D eigenvalue weighted by molar-refractivity contribution is 6.05. The maximum Gasteiger partial charge on any atom is 0.233 e. The molecule has 3 aliphatic rings. The van der Waals surface area contributed by atoms with Crippen LogP contribution in [0, 0.1) is 11.8 Å². The SMILES string of the molecule is O=C1C2CCCCC2C(=O)N1CCC1OC1c1ccccc1. The van der Waals surface area contributed by atoms with Crippen molar-refractivity contribution < 1.29 is 14.3 Å². The van der Waals surface area contributed by atoms with E-state index in [1.807, 2.05) is 18.2 Å². The van der Waals surface area contributed by atoms with E-state index in [-0.39, 0.29) is 35.9 Å². The smallest absolute Gasteiger partial charge is 0.233 e. The number of imide groups is 1. The number of fused-ring (bicyclic) bond motifs is 1. The fourth-order valence-electron chi connectivity index (χ4n) is 4.01. The molecular weight excluding hydrogens is 278 g/mol. The van der Waals surface area contributed by atoms with Crippen LogP contribution in [0.1, 0.15) is 43.8 Å². The number of likely N-dealkylation sites (tertiary alicyclic amines) is 1. The molecule has 4 nitrogen and oxygen atoms in total. The molecule has 0 N–H and O–H groups in total. The number of ether oxygens (including phenoxy) is 1. The number of hydrogen-bond donors (Lipinski definition) is 0. The Kier molecular flexibility index (Phi) is 3.49. The number of hydrogen-bond acceptors (Lipinski definition) is 3. The van der Waals surface area contributed by atoms with E-state index in [4.69, 9.17) is 4.74 Å². The summed E-state index contributed by atoms with van der Waals surface area (Å²) in [5.74, 6) is 0.0517. The van der Waals surface area contributed by atoms with Crippen molar-refractivity contribution in [3.8, 4) is 0 Å². The molecule has 2 amide bonds. The molecule has 2 saturated heterocycles. The summed E-state index contributed by atoms with van der Waals surface area (Å²) in [5, 5.41) is 0. The number of amides is 2. The van der Waals surface area contributed by atoms with E-state index in [1.54, 1.807) is 0 Å². The van der Waals surface area contributed by atoms with Crippen molar-refractivity contribution in [3.05, 3.63) is 35.9 Å². The minimum atomic E-state index is -0.0358. The molecule has 1 aromatic rings. The molecule has 1 aromatic carbocycles. The third kappa shape index (κ3) is 2.35. The monoisotopic (exact) mass is 299 g/mol. The van der Waals surface area contributed by atoms with Crippen LogP contribution in [0.25, 0.3) is 0 Å². The Morgan fingerprint density at radius 3 is 2.27 bits per heavy atom. The quantitative estimate of drug-likeness (QED) is 0.634. The van der Waals surface area contributed by atoms with Crippen molar-refractivity contribution in [2.24, 2.45) is 11.8 Å². The van der Waals surface area contributed by atoms with E-state index >= 15 is 0 Å². The van der Waals surface area contributed by atoms with Crippen LogP contribution in [0.15, 0.2) is 30.3 Å². The summed E-state index contributed by atoms with van der Waals surface area (Å²) in [6.45, 7) is 0.513. The van der Waals surface area contributed by atoms with Gasteiger partial charge in [-0.1, -0.05) is 43.2 Å². The Labute approximate surface area is 130 Å². The fourth-order valence-corrected chi connectivity index (χ4v) is 4.01. The van der Waals surface area contributed by atoms with E-state index in [9.17, 15) is 9.59 Å². The Hall–Kier alpha value is -1.68. The van der Waals surface area contributed by atoms with Gasteiger partial charge in [0, 0.05) is 6.54 Å². The third-order valence-corrected chi connectivity index (χ3v) is 5.28. The van der Waals surface area contributed by atoms with Gasteiger partial charge in [-0.2, -0.15) is 0 Å². The largest absolute Gasteiger partial charge is 0.364 e. The summed E-state index contributed by atoms with van der Waals surface area (Å²) >= 11 is 0. The zero-order valence-corrected chi connectivity index (χ0v) is 12.6. The first-order valence-corrected chi connectivity index (χ1v) is 8.31. The zero-order valence-electron chi connectivity index (χ0n) is 12.6. The first-order valence-electron chi connectivity index (χ1n) is 8.31. The molecule has 4 atom stereocenters. The Morgan fingerprint density at radius 1 is 1.00 bits per heavy atom. The van der Waals surface area contributed by atoms with Gasteiger partial charge in [-0.15, -0.1) is 0 Å². The summed E-state index contributed by atoms with van der Waals surface area (Å²) in [7, 11) is 0. The summed E-state index contributed by atoms with van der Waals surface area (Å²) in [5.41, 5.74) is 1.18. The topological polar surface area (TPSA) is 49.9 Å². The van der Waals surface area contributed by atoms with Gasteiger partial charge in [0.25, 0.3) is 0 Å². The maximum absolute atomic E-state index is 12.4. The summed E-state index contributed by atoms with van der Waals surface area (Å²) in [4.78, 5) is 26.3. The van der Waals surface area contributed by atoms with Gasteiger partial charge < -0.3 is 4.74 Å². The van der Waals surface area contributed by atoms with Gasteiger partial charge in [-0.25, -0.2) is 0 Å². The van der Waals surface area contributed by atoms with E-state index in [0.29, 0.717) is 6.54 Å². The first-order chi connectivity index (χ1) is 10.8. The first kappa shape index (κ1) is 13.9. The van der Waals surface area contributed by atoms with Crippen LogP contribution in [0.2, 0.25) is 0 Å². The Morgan fingerprint density at radius 2 is 1.64 bits per heavy atom. The summed E-state index contributed by atoms with van der Waals surface area (Å²) in [6, 6.07) is 10.1. The molecule has 0 bridgehead atoms. The Balaban J connectivity index is 1.35. The van der Waals surface area contributed by atoms with E-state index < -0.39 is 0 Å². The molecule has 0 aromatic heterocycles. The fraction of sp³-hybridized carbons (Fsp3) is 0.556. The standard InChI is InChI=1S/C18H21NO3/c20-17-13-8-4-5-9-14(13)18(21)19(17)11-10-15-16(22-15)12-6-2-1-3-7-12/h1-3,6-7,13-16H,4-5,8-11H2. The number of carbonyl (C=O) groups is 2. The number of carbonyl (C=O) groups excluding carboxylic acids is 2. The zero-order chi connectivity index (χ0) is 15.1. The second kappa shape index (κ2) is 5.51. The lowest BCUT2D eigenvalue weighted by Gasteiger charge is -2.19. The van der Waals surface area contributed by atoms with Crippen LogP contribution in [-0.4, -0.2) is 29.4 Å². The number of epoxide rings is 1. The maximum atomic E-state index is 12.4. The van der Waals surface area contributed by atoms with Gasteiger partial charge in [-0.05, 0) is 24.8 Å². The molecule has 22 heavy (non-hydrogen) atoms. The van der Waals surface area contributed by atoms with E-state index in [0.717, 1.165) is 32.1 Å². The van der Waals surface area contributed by atoms with Crippen LogP contribution < -0.4 is 0 Å². The Bertz CT molecular complexity index is 561. The minimum absolute atomic E-state index is 0.0358. The molecular formula is C18H21NO3. The number of nitrogens with zero attached hydrogens (tertiary/aromatic N) is 1. The molecule has 3 fully saturated rings. The van der Waals surface area contributed by atoms with Gasteiger partial charge in [-0.3, -0.25) is 14.5 Å². The predicted molar refractivity (Wildman–Crippen MR) is 80.8 cm³/mol. The molecule has 116 valence electrons. The number of rotatable bonds is 4. The van der Waals surface area contributed by atoms with E-state index in [2.05, 4.69) is 12.1 Å². The highest BCUT2D eigenvalue weighted by Gasteiger charge is 2.49. The lowest BCUT2D eigenvalue weighted by Crippen LogP contribution is -2.32. The average molecular weight is 299 g/mol. The minimum Gasteiger partial charge on any atom is -0.364 e. The lowest BCUT2D eigenvalue weighted by atomic mass is 9.81. The van der Waals surface area contributed by atoms with Gasteiger partial charge in [0.2, 0.25) is 11.8 Å². The van der Waals surface area contributed by atoms with Gasteiger partial charge in [0.1, 0.15) is 6.10 Å². The van der Waals surface area contributed by atoms with Crippen molar-refractivity contribution in [2.75, 3.05) is 6.54 Å². The van der Waals surface area contributed by atoms with Gasteiger partial charge in [0.15, 0.2) is 0 Å². The van der Waals surface area contributed by atoms with E-state index in [1.165, 1.54) is 10.5 Å². The molecule has 0 spiro atoms. The average Bonchev–Trinajstić information content (AvgIpc) is 3.30. The molecule has 4 rings (SSSR count). The molecule has 1 aliphatic carbocycles. The molecule has 2 heterocycles. The highest BCUT2D eigenvalue weighted by atomic mass is 16.6. The van der Waals surface area contributed by atoms with Crippen LogP contribution in [0.3, 0.4) is 0 Å². The highest BCUT2D eigenvalue weighted by Crippen LogP contribution is 2.42. The summed E-state index contributed by atoms with van der Waals surface area (Å²) < 4.78 is 5.70. The predicted octanol–water partition coefficient (Wildman–Crippen LogP) is 2.69. The van der Waals surface area contributed by atoms with Crippen LogP contribution in [-0.2, 0) is 14.3 Å². The molecule has 0 radical (unpaired) electrons. The third-order valence-electron chi connectivity index (χ3n) is 5.28. The van der Waals surface area contributed by atoms with Crippen molar-refractivity contribution in [1.82, 2.24) is 4.90 Å². The van der Waals surface area contributed by atoms with Gasteiger partial charge >= 0.3 is 0 Å². The molecule has 1 saturated carbocycles. The van der Waals surface area contributed by atoms with Crippen molar-refractivity contribution in [3.63, 3.8) is 0 Å². The molecule has 4 unspecified atom stereocenters. The van der Waals surface area contributed by atoms with Crippen LogP contribution >= 0.6 is 0 Å². The van der Waals surface area contributed by atoms with Gasteiger partial charge in [0.05, 0.1) is 17.9 Å². The second-order valence-corrected chi connectivity index (χ2v) is 6.62. The summed E-state index contributed by atoms with van der Waals surface area (Å²) in [6.07, 6.45) is 4.96. The van der Waals surface area contributed by atoms with Crippen molar-refractivity contribution >= 4 is 11.8 Å².